The summed E-state index contributed by atoms with van der Waals surface area (Å²) >= 11 is 0. The summed E-state index contributed by atoms with van der Waals surface area (Å²) < 4.78 is 1.85. The fourth-order valence-electron chi connectivity index (χ4n) is 2.86. The summed E-state index contributed by atoms with van der Waals surface area (Å²) in [6.07, 6.45) is 4.69. The highest BCUT2D eigenvalue weighted by Crippen LogP contribution is 2.17. The number of carbonyl (C=O) groups excluding carboxylic acids is 1. The first kappa shape index (κ1) is 18.4. The van der Waals surface area contributed by atoms with E-state index in [0.717, 1.165) is 32.4 Å². The van der Waals surface area contributed by atoms with Gasteiger partial charge in [-0.3, -0.25) is 4.79 Å². The Bertz CT molecular complexity index is 639. The summed E-state index contributed by atoms with van der Waals surface area (Å²) in [5, 5.41) is 11.5. The fourth-order valence-corrected chi connectivity index (χ4v) is 2.86. The third kappa shape index (κ3) is 4.55. The van der Waals surface area contributed by atoms with E-state index in [1.807, 2.05) is 29.9 Å². The highest BCUT2D eigenvalue weighted by molar-refractivity contribution is 5.91. The number of piperidine rings is 1. The van der Waals surface area contributed by atoms with Gasteiger partial charge in [0.1, 0.15) is 0 Å². The highest BCUT2D eigenvalue weighted by Gasteiger charge is 2.20. The van der Waals surface area contributed by atoms with Crippen LogP contribution in [0.4, 0.5) is 0 Å². The van der Waals surface area contributed by atoms with Gasteiger partial charge in [0.2, 0.25) is 0 Å². The normalized spacial score (nSPS) is 14.9. The van der Waals surface area contributed by atoms with Crippen LogP contribution in [0.3, 0.4) is 0 Å². The lowest BCUT2D eigenvalue weighted by Gasteiger charge is -2.22. The van der Waals surface area contributed by atoms with Crippen molar-refractivity contribution in [3.63, 3.8) is 0 Å². The van der Waals surface area contributed by atoms with E-state index >= 15 is 0 Å². The predicted molar refractivity (Wildman–Crippen MR) is 95.5 cm³/mol. The molecule has 0 atom stereocenters. The number of likely N-dealkylation sites (N-methyl/N-ethyl adjacent to an activating group) is 1. The molecule has 0 aliphatic carbocycles. The summed E-state index contributed by atoms with van der Waals surface area (Å²) in [5.74, 6) is -0.0684. The third-order valence-corrected chi connectivity index (χ3v) is 4.34. The Morgan fingerprint density at radius 1 is 1.29 bits per heavy atom. The van der Waals surface area contributed by atoms with Crippen molar-refractivity contribution in [1.29, 1.82) is 0 Å². The first-order chi connectivity index (χ1) is 11.2. The molecule has 1 N–H and O–H groups in total. The van der Waals surface area contributed by atoms with E-state index < -0.39 is 0 Å². The Kier molecular flexibility index (Phi) is 6.75. The van der Waals surface area contributed by atoms with Gasteiger partial charge in [-0.1, -0.05) is 35.5 Å². The number of halogens is 1. The lowest BCUT2D eigenvalue weighted by Crippen LogP contribution is -2.30. The Labute approximate surface area is 148 Å². The summed E-state index contributed by atoms with van der Waals surface area (Å²) in [6, 6.07) is 10.5. The van der Waals surface area contributed by atoms with Crippen molar-refractivity contribution in [1.82, 2.24) is 25.2 Å². The molecule has 1 aromatic carbocycles. The van der Waals surface area contributed by atoms with E-state index in [9.17, 15) is 4.79 Å². The Morgan fingerprint density at radius 3 is 2.71 bits per heavy atom. The first-order valence-electron chi connectivity index (χ1n) is 8.16. The number of hydrogen-bond donors (Lipinski definition) is 1. The molecule has 0 unspecified atom stereocenters. The third-order valence-electron chi connectivity index (χ3n) is 4.34. The van der Waals surface area contributed by atoms with Crippen molar-refractivity contribution in [2.45, 2.75) is 25.3 Å². The SMILES string of the molecule is CN(CCc1ccccc1)C(=O)c1cn(C2CCNCC2)nn1.Cl. The van der Waals surface area contributed by atoms with Gasteiger partial charge in [0.05, 0.1) is 12.2 Å². The van der Waals surface area contributed by atoms with Crippen LogP contribution in [0, 0.1) is 0 Å². The van der Waals surface area contributed by atoms with E-state index in [0.29, 0.717) is 18.3 Å². The van der Waals surface area contributed by atoms with Gasteiger partial charge in [0.25, 0.3) is 5.91 Å². The van der Waals surface area contributed by atoms with Crippen molar-refractivity contribution in [2.75, 3.05) is 26.7 Å². The van der Waals surface area contributed by atoms with Gasteiger partial charge in [-0.05, 0) is 37.9 Å². The Hall–Kier alpha value is -1.92. The molecule has 3 rings (SSSR count). The average molecular weight is 350 g/mol. The van der Waals surface area contributed by atoms with Crippen LogP contribution in [0.25, 0.3) is 0 Å². The van der Waals surface area contributed by atoms with Crippen molar-refractivity contribution >= 4 is 18.3 Å². The van der Waals surface area contributed by atoms with Gasteiger partial charge in [0, 0.05) is 13.6 Å². The number of rotatable bonds is 5. The van der Waals surface area contributed by atoms with E-state index in [4.69, 9.17) is 0 Å². The van der Waals surface area contributed by atoms with Crippen LogP contribution >= 0.6 is 12.4 Å². The standard InChI is InChI=1S/C17H23N5O.ClH/c1-21(12-9-14-5-3-2-4-6-14)17(23)16-13-22(20-19-16)15-7-10-18-11-8-15;/h2-6,13,15,18H,7-12H2,1H3;1H. The van der Waals surface area contributed by atoms with Gasteiger partial charge in [-0.2, -0.15) is 0 Å². The van der Waals surface area contributed by atoms with Gasteiger partial charge < -0.3 is 10.2 Å². The van der Waals surface area contributed by atoms with E-state index in [-0.39, 0.29) is 18.3 Å². The number of amides is 1. The van der Waals surface area contributed by atoms with Gasteiger partial charge in [0.15, 0.2) is 5.69 Å². The number of benzene rings is 1. The number of nitrogens with one attached hydrogen (secondary N) is 1. The molecule has 0 spiro atoms. The van der Waals surface area contributed by atoms with Gasteiger partial charge >= 0.3 is 0 Å². The van der Waals surface area contributed by atoms with Gasteiger partial charge in [-0.15, -0.1) is 17.5 Å². The second kappa shape index (κ2) is 8.80. The molecule has 1 aliphatic heterocycles. The van der Waals surface area contributed by atoms with Crippen LogP contribution in [-0.4, -0.2) is 52.5 Å². The molecule has 1 aromatic heterocycles. The van der Waals surface area contributed by atoms with Crippen LogP contribution in [0.2, 0.25) is 0 Å². The molecule has 1 fully saturated rings. The average Bonchev–Trinajstić information content (AvgIpc) is 3.11. The molecule has 0 saturated carbocycles. The zero-order chi connectivity index (χ0) is 16.1. The van der Waals surface area contributed by atoms with Crippen molar-refractivity contribution in [3.8, 4) is 0 Å². The molecule has 2 aromatic rings. The molecule has 1 aliphatic rings. The van der Waals surface area contributed by atoms with Gasteiger partial charge in [-0.25, -0.2) is 4.68 Å². The minimum atomic E-state index is -0.0684. The molecular weight excluding hydrogens is 326 g/mol. The molecular formula is C17H24ClN5O. The van der Waals surface area contributed by atoms with Crippen LogP contribution in [-0.2, 0) is 6.42 Å². The van der Waals surface area contributed by atoms with Crippen molar-refractivity contribution in [3.05, 3.63) is 47.8 Å². The van der Waals surface area contributed by atoms with Crippen LogP contribution in [0.15, 0.2) is 36.5 Å². The predicted octanol–water partition coefficient (Wildman–Crippen LogP) is 1.94. The zero-order valence-electron chi connectivity index (χ0n) is 13.9. The second-order valence-corrected chi connectivity index (χ2v) is 6.03. The summed E-state index contributed by atoms with van der Waals surface area (Å²) in [4.78, 5) is 14.2. The van der Waals surface area contributed by atoms with Crippen molar-refractivity contribution in [2.24, 2.45) is 0 Å². The van der Waals surface area contributed by atoms with E-state index in [1.54, 1.807) is 11.1 Å². The molecule has 6 nitrogen and oxygen atoms in total. The largest absolute Gasteiger partial charge is 0.340 e. The lowest BCUT2D eigenvalue weighted by molar-refractivity contribution is 0.0790. The Morgan fingerprint density at radius 2 is 2.00 bits per heavy atom. The Balaban J connectivity index is 0.00000208. The topological polar surface area (TPSA) is 63.1 Å². The van der Waals surface area contributed by atoms with Crippen LogP contribution in [0.1, 0.15) is 34.9 Å². The fraction of sp³-hybridized carbons (Fsp3) is 0.471. The molecule has 2 heterocycles. The minimum Gasteiger partial charge on any atom is -0.340 e. The van der Waals surface area contributed by atoms with Crippen LogP contribution < -0.4 is 5.32 Å². The first-order valence-corrected chi connectivity index (χ1v) is 8.16. The smallest absolute Gasteiger partial charge is 0.275 e. The number of aromatic nitrogens is 3. The maximum atomic E-state index is 12.5. The summed E-state index contributed by atoms with van der Waals surface area (Å²) in [5.41, 5.74) is 1.66. The maximum absolute atomic E-state index is 12.5. The maximum Gasteiger partial charge on any atom is 0.275 e. The minimum absolute atomic E-state index is 0. The highest BCUT2D eigenvalue weighted by atomic mass is 35.5. The quantitative estimate of drug-likeness (QED) is 0.896. The molecule has 1 amide bonds. The molecule has 7 heteroatoms. The molecule has 0 radical (unpaired) electrons. The molecule has 0 bridgehead atoms. The number of hydrogen-bond acceptors (Lipinski definition) is 4. The van der Waals surface area contributed by atoms with E-state index in [1.165, 1.54) is 5.56 Å². The number of nitrogens with zero attached hydrogens (tertiary/aromatic N) is 4. The monoisotopic (exact) mass is 349 g/mol. The van der Waals surface area contributed by atoms with Crippen molar-refractivity contribution < 1.29 is 4.79 Å². The van der Waals surface area contributed by atoms with Crippen LogP contribution in [0.5, 0.6) is 0 Å². The summed E-state index contributed by atoms with van der Waals surface area (Å²) in [6.45, 7) is 2.65. The second-order valence-electron chi connectivity index (χ2n) is 6.03. The lowest BCUT2D eigenvalue weighted by atomic mass is 10.1. The zero-order valence-corrected chi connectivity index (χ0v) is 14.7. The molecule has 130 valence electrons. The molecule has 1 saturated heterocycles. The number of carbonyl (C=O) groups is 1. The molecule has 24 heavy (non-hydrogen) atoms. The summed E-state index contributed by atoms with van der Waals surface area (Å²) in [7, 11) is 1.81. The van der Waals surface area contributed by atoms with E-state index in [2.05, 4.69) is 27.8 Å².